The van der Waals surface area contributed by atoms with Gasteiger partial charge < -0.3 is 14.7 Å². The monoisotopic (exact) mass is 564 g/mol. The fraction of sp³-hybridized carbons (Fsp3) is 0.444. The van der Waals surface area contributed by atoms with Crippen LogP contribution in [-0.2, 0) is 22.3 Å². The maximum absolute atomic E-state index is 12.6. The fourth-order valence-electron chi connectivity index (χ4n) is 3.08. The Labute approximate surface area is 197 Å². The zero-order chi connectivity index (χ0) is 21.6. The summed E-state index contributed by atoms with van der Waals surface area (Å²) in [7, 11) is -3.47. The highest BCUT2D eigenvalue weighted by atomic mass is 127. The standard InChI is InChI=1S/C18H24N6O5S.HI/c1-2-19-18(20-13-15-3-5-17(6-4-15)24(25)26)22-8-10-23(11-9-22)30(27,28)14-16-7-12-29-21-16;/h3-7,12H,2,8-11,13-14H2,1H3,(H,19,20);1H. The molecule has 1 aliphatic rings. The van der Waals surface area contributed by atoms with Crippen molar-refractivity contribution in [1.29, 1.82) is 0 Å². The molecule has 170 valence electrons. The van der Waals surface area contributed by atoms with Crippen LogP contribution in [0.1, 0.15) is 18.2 Å². The molecule has 1 saturated heterocycles. The Morgan fingerprint density at radius 2 is 1.90 bits per heavy atom. The molecule has 0 saturated carbocycles. The van der Waals surface area contributed by atoms with Gasteiger partial charge in [-0.1, -0.05) is 17.3 Å². The molecule has 11 nitrogen and oxygen atoms in total. The lowest BCUT2D eigenvalue weighted by Gasteiger charge is -2.35. The summed E-state index contributed by atoms with van der Waals surface area (Å²) in [5, 5.41) is 17.7. The first kappa shape index (κ1) is 25.0. The zero-order valence-corrected chi connectivity index (χ0v) is 20.2. The van der Waals surface area contributed by atoms with E-state index in [1.807, 2.05) is 11.8 Å². The summed E-state index contributed by atoms with van der Waals surface area (Å²) >= 11 is 0. The van der Waals surface area contributed by atoms with Gasteiger partial charge in [-0.3, -0.25) is 10.1 Å². The second-order valence-corrected chi connectivity index (χ2v) is 8.70. The lowest BCUT2D eigenvalue weighted by atomic mass is 10.2. The van der Waals surface area contributed by atoms with E-state index in [1.54, 1.807) is 18.2 Å². The Balaban J connectivity index is 0.00000341. The molecule has 0 unspecified atom stereocenters. The van der Waals surface area contributed by atoms with Gasteiger partial charge in [0.2, 0.25) is 10.0 Å². The first-order chi connectivity index (χ1) is 14.4. The summed E-state index contributed by atoms with van der Waals surface area (Å²) in [6, 6.07) is 7.81. The molecule has 0 radical (unpaired) electrons. The van der Waals surface area contributed by atoms with Crippen molar-refractivity contribution in [2.45, 2.75) is 19.2 Å². The van der Waals surface area contributed by atoms with Crippen molar-refractivity contribution in [3.63, 3.8) is 0 Å². The molecule has 0 atom stereocenters. The highest BCUT2D eigenvalue weighted by molar-refractivity contribution is 14.0. The number of halogens is 1. The van der Waals surface area contributed by atoms with Crippen LogP contribution in [0.4, 0.5) is 5.69 Å². The molecule has 1 aliphatic heterocycles. The molecular weight excluding hydrogens is 539 g/mol. The van der Waals surface area contributed by atoms with Crippen molar-refractivity contribution in [3.05, 3.63) is 58.0 Å². The highest BCUT2D eigenvalue weighted by Gasteiger charge is 2.29. The third-order valence-electron chi connectivity index (χ3n) is 4.65. The number of piperazine rings is 1. The summed E-state index contributed by atoms with van der Waals surface area (Å²) in [6.45, 7) is 4.70. The van der Waals surface area contributed by atoms with Gasteiger partial charge in [0.25, 0.3) is 5.69 Å². The first-order valence-electron chi connectivity index (χ1n) is 9.52. The van der Waals surface area contributed by atoms with E-state index in [0.717, 1.165) is 5.56 Å². The smallest absolute Gasteiger partial charge is 0.269 e. The van der Waals surface area contributed by atoms with E-state index in [-0.39, 0.29) is 35.4 Å². The van der Waals surface area contributed by atoms with Crippen LogP contribution in [0.5, 0.6) is 0 Å². The average Bonchev–Trinajstić information content (AvgIpc) is 3.24. The molecule has 31 heavy (non-hydrogen) atoms. The molecule has 13 heteroatoms. The quantitative estimate of drug-likeness (QED) is 0.177. The van der Waals surface area contributed by atoms with Gasteiger partial charge in [-0.2, -0.15) is 4.31 Å². The van der Waals surface area contributed by atoms with Crippen LogP contribution in [-0.4, -0.2) is 66.4 Å². The average molecular weight is 564 g/mol. The van der Waals surface area contributed by atoms with Crippen LogP contribution in [0.15, 0.2) is 46.1 Å². The largest absolute Gasteiger partial charge is 0.364 e. The maximum atomic E-state index is 12.6. The van der Waals surface area contributed by atoms with E-state index in [0.29, 0.717) is 50.9 Å². The number of guanidine groups is 1. The number of rotatable bonds is 7. The number of hydrogen-bond donors (Lipinski definition) is 1. The Morgan fingerprint density at radius 3 is 2.45 bits per heavy atom. The number of benzene rings is 1. The molecule has 2 heterocycles. The predicted octanol–water partition coefficient (Wildman–Crippen LogP) is 1.81. The minimum Gasteiger partial charge on any atom is -0.364 e. The van der Waals surface area contributed by atoms with Crippen molar-refractivity contribution in [2.24, 2.45) is 4.99 Å². The lowest BCUT2D eigenvalue weighted by Crippen LogP contribution is -2.53. The minimum absolute atomic E-state index is 0. The van der Waals surface area contributed by atoms with Crippen molar-refractivity contribution < 1.29 is 17.9 Å². The number of aliphatic imine (C=N–C) groups is 1. The number of non-ortho nitro benzene ring substituents is 1. The van der Waals surface area contributed by atoms with Crippen LogP contribution in [0.25, 0.3) is 0 Å². The number of nitrogens with zero attached hydrogens (tertiary/aromatic N) is 5. The van der Waals surface area contributed by atoms with Gasteiger partial charge in [-0.25, -0.2) is 13.4 Å². The number of sulfonamides is 1. The third-order valence-corrected chi connectivity index (χ3v) is 6.46. The van der Waals surface area contributed by atoms with Crippen molar-refractivity contribution in [3.8, 4) is 0 Å². The molecule has 0 amide bonds. The lowest BCUT2D eigenvalue weighted by molar-refractivity contribution is -0.384. The van der Waals surface area contributed by atoms with Gasteiger partial charge in [0.05, 0.1) is 17.2 Å². The highest BCUT2D eigenvalue weighted by Crippen LogP contribution is 2.14. The molecule has 0 spiro atoms. The SMILES string of the molecule is CCNC(=NCc1ccc([N+](=O)[O-])cc1)N1CCN(S(=O)(=O)Cc2ccon2)CC1.I. The van der Waals surface area contributed by atoms with E-state index in [2.05, 4.69) is 15.5 Å². The molecule has 0 bridgehead atoms. The van der Waals surface area contributed by atoms with Crippen LogP contribution in [0, 0.1) is 10.1 Å². The van der Waals surface area contributed by atoms with Crippen LogP contribution >= 0.6 is 24.0 Å². The summed E-state index contributed by atoms with van der Waals surface area (Å²) in [5.41, 5.74) is 1.28. The second kappa shape index (κ2) is 11.4. The van der Waals surface area contributed by atoms with Gasteiger partial charge >= 0.3 is 0 Å². The zero-order valence-electron chi connectivity index (χ0n) is 17.0. The van der Waals surface area contributed by atoms with Crippen LogP contribution in [0.2, 0.25) is 0 Å². The van der Waals surface area contributed by atoms with E-state index in [4.69, 9.17) is 4.52 Å². The fourth-order valence-corrected chi connectivity index (χ4v) is 4.51. The molecule has 1 aromatic carbocycles. The van der Waals surface area contributed by atoms with Gasteiger partial charge in [-0.15, -0.1) is 24.0 Å². The number of aromatic nitrogens is 1. The third kappa shape index (κ3) is 6.87. The molecule has 3 rings (SSSR count). The molecule has 2 aromatic rings. The molecule has 1 aromatic heterocycles. The summed E-state index contributed by atoms with van der Waals surface area (Å²) in [6.07, 6.45) is 1.35. The summed E-state index contributed by atoms with van der Waals surface area (Å²) in [4.78, 5) is 16.9. The van der Waals surface area contributed by atoms with Gasteiger partial charge in [-0.05, 0) is 12.5 Å². The van der Waals surface area contributed by atoms with Crippen molar-refractivity contribution in [2.75, 3.05) is 32.7 Å². The summed E-state index contributed by atoms with van der Waals surface area (Å²) in [5.74, 6) is 0.502. The van der Waals surface area contributed by atoms with Gasteiger partial charge in [0.15, 0.2) is 5.96 Å². The molecular formula is C18H25IN6O5S. The maximum Gasteiger partial charge on any atom is 0.269 e. The van der Waals surface area contributed by atoms with Crippen molar-refractivity contribution >= 4 is 45.6 Å². The van der Waals surface area contributed by atoms with E-state index >= 15 is 0 Å². The Morgan fingerprint density at radius 1 is 1.23 bits per heavy atom. The van der Waals surface area contributed by atoms with Gasteiger partial charge in [0, 0.05) is 50.9 Å². The number of hydrogen-bond acceptors (Lipinski definition) is 7. The molecule has 1 fully saturated rings. The second-order valence-electron chi connectivity index (χ2n) is 6.73. The molecule has 0 aliphatic carbocycles. The van der Waals surface area contributed by atoms with Crippen LogP contribution in [0.3, 0.4) is 0 Å². The number of nitro groups is 1. The predicted molar refractivity (Wildman–Crippen MR) is 126 cm³/mol. The first-order valence-corrected chi connectivity index (χ1v) is 11.1. The molecule has 1 N–H and O–H groups in total. The van der Waals surface area contributed by atoms with E-state index in [9.17, 15) is 18.5 Å². The Hall–Kier alpha value is -2.26. The Bertz CT molecular complexity index is 973. The Kier molecular flexibility index (Phi) is 9.18. The van der Waals surface area contributed by atoms with E-state index in [1.165, 1.54) is 22.7 Å². The number of nitro benzene ring substituents is 1. The topological polar surface area (TPSA) is 134 Å². The van der Waals surface area contributed by atoms with Crippen molar-refractivity contribution in [1.82, 2.24) is 19.7 Å². The van der Waals surface area contributed by atoms with E-state index < -0.39 is 14.9 Å². The van der Waals surface area contributed by atoms with Crippen LogP contribution < -0.4 is 5.32 Å². The normalized spacial score (nSPS) is 15.4. The van der Waals surface area contributed by atoms with Gasteiger partial charge in [0.1, 0.15) is 12.0 Å². The minimum atomic E-state index is -3.47. The summed E-state index contributed by atoms with van der Waals surface area (Å²) < 4.78 is 31.3. The number of nitrogens with one attached hydrogen (secondary N) is 1.